The third-order valence-electron chi connectivity index (χ3n) is 2.19. The summed E-state index contributed by atoms with van der Waals surface area (Å²) in [5.74, 6) is 0. The SMILES string of the molecule is CCCC(O)(C(C)(C)C)S(=O)(=O)O. The lowest BCUT2D eigenvalue weighted by Crippen LogP contribution is -2.49. The summed E-state index contributed by atoms with van der Waals surface area (Å²) in [5, 5.41) is 9.85. The van der Waals surface area contributed by atoms with Crippen molar-refractivity contribution in [1.29, 1.82) is 0 Å². The standard InChI is InChI=1S/C8H18O4S/c1-5-6-8(9,7(2,3)4)13(10,11)12/h9H,5-6H2,1-4H3,(H,10,11,12). The van der Waals surface area contributed by atoms with E-state index in [9.17, 15) is 13.5 Å². The Morgan fingerprint density at radius 1 is 1.23 bits per heavy atom. The van der Waals surface area contributed by atoms with Gasteiger partial charge in [0.1, 0.15) is 0 Å². The Hall–Kier alpha value is -0.130. The zero-order valence-corrected chi connectivity index (χ0v) is 9.35. The Kier molecular flexibility index (Phi) is 3.52. The van der Waals surface area contributed by atoms with Crippen molar-refractivity contribution < 1.29 is 18.1 Å². The molecule has 0 aromatic heterocycles. The van der Waals surface area contributed by atoms with E-state index in [1.807, 2.05) is 0 Å². The van der Waals surface area contributed by atoms with Gasteiger partial charge in [0.05, 0.1) is 0 Å². The summed E-state index contributed by atoms with van der Waals surface area (Å²) in [7, 11) is -4.43. The molecule has 0 fully saturated rings. The molecule has 13 heavy (non-hydrogen) atoms. The number of hydrogen-bond acceptors (Lipinski definition) is 3. The van der Waals surface area contributed by atoms with Crippen LogP contribution in [-0.2, 0) is 10.1 Å². The molecular weight excluding hydrogens is 192 g/mol. The summed E-state index contributed by atoms with van der Waals surface area (Å²) in [6.07, 6.45) is 0.531. The maximum Gasteiger partial charge on any atom is 0.295 e. The third-order valence-corrected chi connectivity index (χ3v) is 3.86. The van der Waals surface area contributed by atoms with Crippen LogP contribution in [0.2, 0.25) is 0 Å². The molecule has 4 nitrogen and oxygen atoms in total. The highest BCUT2D eigenvalue weighted by Crippen LogP contribution is 2.37. The van der Waals surface area contributed by atoms with E-state index in [1.54, 1.807) is 27.7 Å². The van der Waals surface area contributed by atoms with Crippen LogP contribution in [0.15, 0.2) is 0 Å². The van der Waals surface area contributed by atoms with Crippen molar-refractivity contribution in [3.63, 3.8) is 0 Å². The first kappa shape index (κ1) is 12.9. The molecule has 0 saturated heterocycles. The minimum Gasteiger partial charge on any atom is -0.372 e. The van der Waals surface area contributed by atoms with E-state index < -0.39 is 20.5 Å². The molecule has 0 radical (unpaired) electrons. The molecule has 0 heterocycles. The molecule has 0 bridgehead atoms. The van der Waals surface area contributed by atoms with Crippen LogP contribution in [0.3, 0.4) is 0 Å². The van der Waals surface area contributed by atoms with Gasteiger partial charge in [-0.25, -0.2) is 0 Å². The third kappa shape index (κ3) is 2.42. The summed E-state index contributed by atoms with van der Waals surface area (Å²) >= 11 is 0. The van der Waals surface area contributed by atoms with E-state index in [-0.39, 0.29) is 6.42 Å². The first-order valence-electron chi connectivity index (χ1n) is 4.25. The molecule has 0 aromatic carbocycles. The van der Waals surface area contributed by atoms with Crippen LogP contribution in [0.25, 0.3) is 0 Å². The predicted molar refractivity (Wildman–Crippen MR) is 50.9 cm³/mol. The zero-order valence-electron chi connectivity index (χ0n) is 8.53. The lowest BCUT2D eigenvalue weighted by Gasteiger charge is -2.36. The van der Waals surface area contributed by atoms with Gasteiger partial charge in [0.25, 0.3) is 10.1 Å². The Balaban J connectivity index is 5.22. The first-order chi connectivity index (χ1) is 5.56. The van der Waals surface area contributed by atoms with Gasteiger partial charge in [-0.3, -0.25) is 4.55 Å². The molecule has 0 aliphatic rings. The lowest BCUT2D eigenvalue weighted by molar-refractivity contribution is 0.00303. The highest BCUT2D eigenvalue weighted by atomic mass is 32.2. The van der Waals surface area contributed by atoms with Gasteiger partial charge in [-0.1, -0.05) is 34.1 Å². The van der Waals surface area contributed by atoms with Crippen molar-refractivity contribution in [3.05, 3.63) is 0 Å². The number of hydrogen-bond donors (Lipinski definition) is 2. The van der Waals surface area contributed by atoms with Crippen molar-refractivity contribution in [3.8, 4) is 0 Å². The van der Waals surface area contributed by atoms with Gasteiger partial charge in [-0.05, 0) is 6.42 Å². The second-order valence-corrected chi connectivity index (χ2v) is 5.88. The van der Waals surface area contributed by atoms with Gasteiger partial charge in [0, 0.05) is 5.41 Å². The number of rotatable bonds is 3. The van der Waals surface area contributed by atoms with Crippen LogP contribution < -0.4 is 0 Å². The van der Waals surface area contributed by atoms with Crippen molar-refractivity contribution in [2.24, 2.45) is 5.41 Å². The van der Waals surface area contributed by atoms with E-state index in [1.165, 1.54) is 0 Å². The molecule has 2 N–H and O–H groups in total. The fourth-order valence-electron chi connectivity index (χ4n) is 1.23. The van der Waals surface area contributed by atoms with Gasteiger partial charge < -0.3 is 5.11 Å². The Labute approximate surface area is 79.7 Å². The molecule has 0 amide bonds. The monoisotopic (exact) mass is 210 g/mol. The molecule has 0 aromatic rings. The van der Waals surface area contributed by atoms with Crippen molar-refractivity contribution in [2.75, 3.05) is 0 Å². The molecule has 0 spiro atoms. The molecule has 80 valence electrons. The quantitative estimate of drug-likeness (QED) is 0.691. The molecule has 0 aliphatic carbocycles. The van der Waals surface area contributed by atoms with Gasteiger partial charge in [-0.2, -0.15) is 8.42 Å². The van der Waals surface area contributed by atoms with Crippen LogP contribution in [-0.4, -0.2) is 23.0 Å². The molecule has 1 atom stereocenters. The topological polar surface area (TPSA) is 74.6 Å². The van der Waals surface area contributed by atoms with Gasteiger partial charge in [0.15, 0.2) is 4.93 Å². The van der Waals surface area contributed by atoms with E-state index in [0.717, 1.165) is 0 Å². The van der Waals surface area contributed by atoms with E-state index >= 15 is 0 Å². The average molecular weight is 210 g/mol. The summed E-state index contributed by atoms with van der Waals surface area (Å²) < 4.78 is 30.9. The molecule has 0 rings (SSSR count). The summed E-state index contributed by atoms with van der Waals surface area (Å²) in [5.41, 5.74) is -0.892. The Morgan fingerprint density at radius 3 is 1.69 bits per heavy atom. The normalized spacial score (nSPS) is 18.3. The maximum absolute atomic E-state index is 11.0. The zero-order chi connectivity index (χ0) is 10.9. The molecule has 0 aliphatic heterocycles. The maximum atomic E-state index is 11.0. The fraction of sp³-hybridized carbons (Fsp3) is 1.00. The van der Waals surface area contributed by atoms with E-state index in [0.29, 0.717) is 6.42 Å². The smallest absolute Gasteiger partial charge is 0.295 e. The Morgan fingerprint density at radius 2 is 1.62 bits per heavy atom. The average Bonchev–Trinajstić information content (AvgIpc) is 1.82. The van der Waals surface area contributed by atoms with Gasteiger partial charge in [0.2, 0.25) is 0 Å². The van der Waals surface area contributed by atoms with Crippen LogP contribution in [0, 0.1) is 5.41 Å². The van der Waals surface area contributed by atoms with Gasteiger partial charge >= 0.3 is 0 Å². The summed E-state index contributed by atoms with van der Waals surface area (Å²) in [6.45, 7) is 6.49. The minimum absolute atomic E-state index is 0.0370. The second kappa shape index (κ2) is 3.55. The Bertz CT molecular complexity index is 262. The van der Waals surface area contributed by atoms with Gasteiger partial charge in [-0.15, -0.1) is 0 Å². The molecule has 5 heteroatoms. The molecular formula is C8H18O4S. The molecule has 0 saturated carbocycles. The van der Waals surface area contributed by atoms with Crippen molar-refractivity contribution in [1.82, 2.24) is 0 Å². The minimum atomic E-state index is -4.43. The van der Waals surface area contributed by atoms with E-state index in [4.69, 9.17) is 4.55 Å². The summed E-state index contributed by atoms with van der Waals surface area (Å²) in [6, 6.07) is 0. The van der Waals surface area contributed by atoms with Crippen LogP contribution in [0.5, 0.6) is 0 Å². The van der Waals surface area contributed by atoms with Crippen LogP contribution in [0.1, 0.15) is 40.5 Å². The predicted octanol–water partition coefficient (Wildman–Crippen LogP) is 1.41. The lowest BCUT2D eigenvalue weighted by atomic mass is 9.86. The van der Waals surface area contributed by atoms with Crippen LogP contribution >= 0.6 is 0 Å². The number of aliphatic hydroxyl groups is 1. The second-order valence-electron chi connectivity index (χ2n) is 4.26. The molecule has 1 unspecified atom stereocenters. The largest absolute Gasteiger partial charge is 0.372 e. The summed E-state index contributed by atoms with van der Waals surface area (Å²) in [4.78, 5) is -2.05. The highest BCUT2D eigenvalue weighted by molar-refractivity contribution is 7.87. The van der Waals surface area contributed by atoms with Crippen molar-refractivity contribution in [2.45, 2.75) is 45.5 Å². The van der Waals surface area contributed by atoms with E-state index in [2.05, 4.69) is 0 Å². The first-order valence-corrected chi connectivity index (χ1v) is 5.69. The fourth-order valence-corrected chi connectivity index (χ4v) is 2.47. The van der Waals surface area contributed by atoms with Crippen molar-refractivity contribution >= 4 is 10.1 Å². The van der Waals surface area contributed by atoms with Crippen LogP contribution in [0.4, 0.5) is 0 Å². The highest BCUT2D eigenvalue weighted by Gasteiger charge is 2.49.